The number of aliphatic carboxylic acids is 1. The SMILES string of the molecule is O=C(O)Cc1ccc(S)cc1.[H-].[Na+]. The van der Waals surface area contributed by atoms with E-state index in [1.165, 1.54) is 0 Å². The minimum absolute atomic E-state index is 0. The van der Waals surface area contributed by atoms with Crippen molar-refractivity contribution in [2.24, 2.45) is 0 Å². The van der Waals surface area contributed by atoms with E-state index in [1.54, 1.807) is 24.3 Å². The van der Waals surface area contributed by atoms with E-state index in [4.69, 9.17) is 5.11 Å². The predicted octanol–water partition coefficient (Wildman–Crippen LogP) is -1.28. The Bertz CT molecular complexity index is 263. The Morgan fingerprint density at radius 1 is 1.42 bits per heavy atom. The number of carboxylic acids is 1. The minimum Gasteiger partial charge on any atom is -1.00 e. The monoisotopic (exact) mass is 192 g/mol. The smallest absolute Gasteiger partial charge is 1.00 e. The van der Waals surface area contributed by atoms with Crippen molar-refractivity contribution >= 4 is 18.6 Å². The molecule has 0 heterocycles. The third-order valence-corrected chi connectivity index (χ3v) is 1.59. The van der Waals surface area contributed by atoms with Gasteiger partial charge in [-0.3, -0.25) is 4.79 Å². The fraction of sp³-hybridized carbons (Fsp3) is 0.125. The van der Waals surface area contributed by atoms with Crippen LogP contribution in [0.1, 0.15) is 6.99 Å². The van der Waals surface area contributed by atoms with Gasteiger partial charge in [0.05, 0.1) is 6.42 Å². The molecule has 0 saturated carbocycles. The van der Waals surface area contributed by atoms with Crippen LogP contribution in [0, 0.1) is 0 Å². The maximum atomic E-state index is 10.2. The molecule has 12 heavy (non-hydrogen) atoms. The van der Waals surface area contributed by atoms with Crippen LogP contribution in [0.15, 0.2) is 29.2 Å². The Hall–Kier alpha value is 0.0400. The third kappa shape index (κ3) is 4.16. The van der Waals surface area contributed by atoms with Crippen LogP contribution in [0.4, 0.5) is 0 Å². The summed E-state index contributed by atoms with van der Waals surface area (Å²) in [6, 6.07) is 7.08. The van der Waals surface area contributed by atoms with E-state index in [-0.39, 0.29) is 37.4 Å². The van der Waals surface area contributed by atoms with E-state index >= 15 is 0 Å². The molecule has 60 valence electrons. The van der Waals surface area contributed by atoms with Gasteiger partial charge in [-0.2, -0.15) is 0 Å². The van der Waals surface area contributed by atoms with Crippen molar-refractivity contribution in [3.8, 4) is 0 Å². The Balaban J connectivity index is 0. The van der Waals surface area contributed by atoms with Crippen LogP contribution < -0.4 is 29.6 Å². The van der Waals surface area contributed by atoms with E-state index in [0.29, 0.717) is 0 Å². The van der Waals surface area contributed by atoms with Crippen LogP contribution in [0.2, 0.25) is 0 Å². The molecule has 0 amide bonds. The Morgan fingerprint density at radius 2 is 1.92 bits per heavy atom. The first-order chi connectivity index (χ1) is 5.18. The zero-order valence-electron chi connectivity index (χ0n) is 7.82. The zero-order valence-corrected chi connectivity index (χ0v) is 9.71. The molecule has 4 heteroatoms. The molecule has 0 aromatic heterocycles. The van der Waals surface area contributed by atoms with Crippen LogP contribution in [-0.2, 0) is 11.2 Å². The summed E-state index contributed by atoms with van der Waals surface area (Å²) in [5, 5.41) is 8.42. The van der Waals surface area contributed by atoms with Gasteiger partial charge in [0.1, 0.15) is 0 Å². The maximum Gasteiger partial charge on any atom is 1.00 e. The summed E-state index contributed by atoms with van der Waals surface area (Å²) in [6.45, 7) is 0. The molecule has 0 aliphatic carbocycles. The second-order valence-corrected chi connectivity index (χ2v) is 2.75. The molecule has 0 spiro atoms. The van der Waals surface area contributed by atoms with Crippen molar-refractivity contribution in [3.05, 3.63) is 29.8 Å². The molecule has 0 radical (unpaired) electrons. The van der Waals surface area contributed by atoms with Crippen molar-refractivity contribution in [1.29, 1.82) is 0 Å². The summed E-state index contributed by atoms with van der Waals surface area (Å²) in [4.78, 5) is 11.1. The van der Waals surface area contributed by atoms with Gasteiger partial charge in [-0.05, 0) is 17.7 Å². The quantitative estimate of drug-likeness (QED) is 0.452. The van der Waals surface area contributed by atoms with Gasteiger partial charge in [0.15, 0.2) is 0 Å². The first-order valence-corrected chi connectivity index (χ1v) is 3.63. The summed E-state index contributed by atoms with van der Waals surface area (Å²) in [5.41, 5.74) is 0.801. The predicted molar refractivity (Wildman–Crippen MR) is 46.1 cm³/mol. The fourth-order valence-electron chi connectivity index (χ4n) is 0.788. The van der Waals surface area contributed by atoms with Crippen molar-refractivity contribution in [2.75, 3.05) is 0 Å². The number of rotatable bonds is 2. The summed E-state index contributed by atoms with van der Waals surface area (Å²) in [5.74, 6) is -0.808. The van der Waals surface area contributed by atoms with Gasteiger partial charge in [-0.25, -0.2) is 0 Å². The number of carboxylic acid groups (broad SMARTS) is 1. The third-order valence-electron chi connectivity index (χ3n) is 1.29. The molecule has 2 nitrogen and oxygen atoms in total. The molecule has 1 aromatic rings. The van der Waals surface area contributed by atoms with Gasteiger partial charge >= 0.3 is 35.5 Å². The van der Waals surface area contributed by atoms with Crippen molar-refractivity contribution in [3.63, 3.8) is 0 Å². The van der Waals surface area contributed by atoms with E-state index < -0.39 is 5.97 Å². The number of carbonyl (C=O) groups is 1. The largest absolute Gasteiger partial charge is 1.00 e. The minimum atomic E-state index is -0.808. The van der Waals surface area contributed by atoms with Crippen LogP contribution in [-0.4, -0.2) is 11.1 Å². The average molecular weight is 192 g/mol. The zero-order chi connectivity index (χ0) is 8.27. The van der Waals surface area contributed by atoms with E-state index in [9.17, 15) is 4.79 Å². The first kappa shape index (κ1) is 12.0. The van der Waals surface area contributed by atoms with Gasteiger partial charge < -0.3 is 6.53 Å². The normalized spacial score (nSPS) is 8.75. The molecule has 0 atom stereocenters. The van der Waals surface area contributed by atoms with Crippen molar-refractivity contribution in [2.45, 2.75) is 11.3 Å². The number of thiol groups is 1. The summed E-state index contributed by atoms with van der Waals surface area (Å²) >= 11 is 4.07. The topological polar surface area (TPSA) is 37.3 Å². The second kappa shape index (κ2) is 5.65. The van der Waals surface area contributed by atoms with Gasteiger partial charge in [0.25, 0.3) is 0 Å². The summed E-state index contributed by atoms with van der Waals surface area (Å²) in [6.07, 6.45) is 0.0774. The fourth-order valence-corrected chi connectivity index (χ4v) is 0.937. The molecule has 1 N–H and O–H groups in total. The standard InChI is InChI=1S/C8H8O2S.Na.H/c9-8(10)5-6-1-3-7(11)4-2-6;;/h1-4,11H,5H2,(H,9,10);;/q;+1;-1. The molecule has 0 saturated heterocycles. The van der Waals surface area contributed by atoms with Gasteiger partial charge in [-0.15, -0.1) is 12.6 Å². The summed E-state index contributed by atoms with van der Waals surface area (Å²) in [7, 11) is 0. The molecule has 1 rings (SSSR count). The van der Waals surface area contributed by atoms with Gasteiger partial charge in [0.2, 0.25) is 0 Å². The first-order valence-electron chi connectivity index (χ1n) is 3.18. The molecule has 0 bridgehead atoms. The number of hydrogen-bond donors (Lipinski definition) is 2. The van der Waals surface area contributed by atoms with Crippen molar-refractivity contribution < 1.29 is 40.9 Å². The summed E-state index contributed by atoms with van der Waals surface area (Å²) < 4.78 is 0. The molecular weight excluding hydrogens is 183 g/mol. The molecular formula is C8H9NaO2S. The Morgan fingerprint density at radius 3 is 2.33 bits per heavy atom. The Labute approximate surface area is 100 Å². The van der Waals surface area contributed by atoms with Crippen LogP contribution in [0.25, 0.3) is 0 Å². The maximum absolute atomic E-state index is 10.2. The van der Waals surface area contributed by atoms with E-state index in [0.717, 1.165) is 10.5 Å². The molecule has 0 unspecified atom stereocenters. The van der Waals surface area contributed by atoms with Gasteiger partial charge in [0, 0.05) is 4.90 Å². The molecule has 0 aliphatic heterocycles. The van der Waals surface area contributed by atoms with E-state index in [2.05, 4.69) is 12.6 Å². The van der Waals surface area contributed by atoms with Crippen LogP contribution in [0.5, 0.6) is 0 Å². The number of benzene rings is 1. The average Bonchev–Trinajstić information content (AvgIpc) is 1.93. The molecule has 0 fully saturated rings. The number of hydrogen-bond acceptors (Lipinski definition) is 2. The second-order valence-electron chi connectivity index (χ2n) is 2.24. The Kier molecular flexibility index (Phi) is 5.66. The molecule has 0 aliphatic rings. The van der Waals surface area contributed by atoms with Crippen LogP contribution in [0.3, 0.4) is 0 Å². The van der Waals surface area contributed by atoms with Gasteiger partial charge in [-0.1, -0.05) is 12.1 Å². The molecule has 1 aromatic carbocycles. The van der Waals surface area contributed by atoms with E-state index in [1.807, 2.05) is 0 Å². The van der Waals surface area contributed by atoms with Crippen molar-refractivity contribution in [1.82, 2.24) is 0 Å². The van der Waals surface area contributed by atoms with Crippen LogP contribution >= 0.6 is 12.6 Å².